The normalized spacial score (nSPS) is 10.3. The number of rotatable bonds is 4. The molecule has 0 bridgehead atoms. The van der Waals surface area contributed by atoms with E-state index in [1.54, 1.807) is 30.5 Å². The van der Waals surface area contributed by atoms with Gasteiger partial charge in [0.15, 0.2) is 0 Å². The molecule has 2 aromatic rings. The summed E-state index contributed by atoms with van der Waals surface area (Å²) in [6.07, 6.45) is 4.96. The minimum absolute atomic E-state index is 0.159. The van der Waals surface area contributed by atoms with E-state index in [2.05, 4.69) is 4.98 Å². The fourth-order valence-corrected chi connectivity index (χ4v) is 1.90. The lowest BCUT2D eigenvalue weighted by Gasteiger charge is -2.11. The van der Waals surface area contributed by atoms with Gasteiger partial charge in [-0.1, -0.05) is 6.07 Å². The third-order valence-corrected chi connectivity index (χ3v) is 2.89. The highest BCUT2D eigenvalue weighted by molar-refractivity contribution is 6.14. The number of nitrogens with zero attached hydrogens (tertiary/aromatic N) is 2. The molecule has 1 heterocycles. The number of nitrogen functional groups attached to an aromatic ring is 1. The topological polar surface area (TPSA) is 95.8 Å². The number of hydrogen-bond acceptors (Lipinski definition) is 5. The summed E-state index contributed by atoms with van der Waals surface area (Å²) < 4.78 is 5.23. The molecular formula is C16H14N4O. The summed E-state index contributed by atoms with van der Waals surface area (Å²) in [4.78, 5) is 4.14. The molecule has 104 valence electrons. The largest absolute Gasteiger partial charge is 0.495 e. The molecule has 0 fully saturated rings. The lowest BCUT2D eigenvalue weighted by Crippen LogP contribution is -2.05. The fraction of sp³-hybridized carbons (Fsp3) is 0.0625. The van der Waals surface area contributed by atoms with E-state index in [0.717, 1.165) is 5.69 Å². The van der Waals surface area contributed by atoms with E-state index in [1.165, 1.54) is 7.11 Å². The molecule has 0 unspecified atom stereocenters. The molecule has 0 radical (unpaired) electrons. The number of allylic oxidation sites excluding steroid dienone is 1. The minimum atomic E-state index is 0.159. The molecule has 1 aromatic carbocycles. The average molecular weight is 278 g/mol. The first-order valence-corrected chi connectivity index (χ1v) is 6.22. The number of nitrogens with two attached hydrogens (primary N) is 1. The van der Waals surface area contributed by atoms with Crippen molar-refractivity contribution < 1.29 is 4.74 Å². The van der Waals surface area contributed by atoms with Crippen molar-refractivity contribution in [2.75, 3.05) is 12.8 Å². The van der Waals surface area contributed by atoms with E-state index in [-0.39, 0.29) is 5.71 Å². The molecule has 0 aliphatic heterocycles. The van der Waals surface area contributed by atoms with Gasteiger partial charge >= 0.3 is 0 Å². The lowest BCUT2D eigenvalue weighted by atomic mass is 10.0. The third-order valence-electron chi connectivity index (χ3n) is 2.89. The second-order valence-electron chi connectivity index (χ2n) is 4.22. The van der Waals surface area contributed by atoms with Crippen LogP contribution in [-0.2, 0) is 0 Å². The Hall–Kier alpha value is -3.13. The summed E-state index contributed by atoms with van der Waals surface area (Å²) in [7, 11) is 1.45. The second kappa shape index (κ2) is 6.35. The molecule has 5 nitrogen and oxygen atoms in total. The van der Waals surface area contributed by atoms with Crippen LogP contribution in [0, 0.1) is 16.7 Å². The van der Waals surface area contributed by atoms with Crippen molar-refractivity contribution in [1.82, 2.24) is 4.98 Å². The Bertz CT molecular complexity index is 730. The fourth-order valence-electron chi connectivity index (χ4n) is 1.90. The third kappa shape index (κ3) is 3.07. The van der Waals surface area contributed by atoms with E-state index in [1.807, 2.05) is 24.3 Å². The monoisotopic (exact) mass is 278 g/mol. The number of pyridine rings is 1. The molecule has 2 rings (SSSR count). The van der Waals surface area contributed by atoms with Crippen LogP contribution in [-0.4, -0.2) is 17.8 Å². The highest BCUT2D eigenvalue weighted by Gasteiger charge is 2.15. The van der Waals surface area contributed by atoms with Gasteiger partial charge in [-0.15, -0.1) is 0 Å². The summed E-state index contributed by atoms with van der Waals surface area (Å²) in [5, 5.41) is 17.2. The Labute approximate surface area is 122 Å². The van der Waals surface area contributed by atoms with Crippen molar-refractivity contribution in [3.8, 4) is 11.8 Å². The van der Waals surface area contributed by atoms with Crippen LogP contribution >= 0.6 is 0 Å². The minimum Gasteiger partial charge on any atom is -0.495 e. The maximum absolute atomic E-state index is 9.09. The van der Waals surface area contributed by atoms with Crippen molar-refractivity contribution in [3.05, 3.63) is 59.4 Å². The smallest absolute Gasteiger partial charge is 0.148 e. The maximum Gasteiger partial charge on any atom is 0.148 e. The number of hydrogen-bond donors (Lipinski definition) is 2. The molecule has 3 N–H and O–H groups in total. The van der Waals surface area contributed by atoms with E-state index in [4.69, 9.17) is 21.1 Å². The van der Waals surface area contributed by atoms with Crippen molar-refractivity contribution in [1.29, 1.82) is 10.7 Å². The number of nitrogens with one attached hydrogen (secondary N) is 1. The number of benzene rings is 1. The summed E-state index contributed by atoms with van der Waals surface area (Å²) in [5.74, 6) is 0.313. The summed E-state index contributed by atoms with van der Waals surface area (Å²) in [6.45, 7) is 0. The predicted octanol–water partition coefficient (Wildman–Crippen LogP) is 2.63. The molecule has 0 saturated carbocycles. The van der Waals surface area contributed by atoms with Crippen LogP contribution < -0.4 is 10.5 Å². The molecule has 21 heavy (non-hydrogen) atoms. The zero-order valence-electron chi connectivity index (χ0n) is 11.5. The Morgan fingerprint density at radius 3 is 2.81 bits per heavy atom. The number of ether oxygens (including phenoxy) is 1. The molecule has 0 spiro atoms. The van der Waals surface area contributed by atoms with Crippen LogP contribution in [0.4, 0.5) is 5.69 Å². The SMILES string of the molecule is COc1c(C#N)ccc(N)c1C(=N)/C=C/c1ccccn1. The molecule has 0 atom stereocenters. The maximum atomic E-state index is 9.09. The van der Waals surface area contributed by atoms with Crippen molar-refractivity contribution >= 4 is 17.5 Å². The van der Waals surface area contributed by atoms with E-state index < -0.39 is 0 Å². The first kappa shape index (κ1) is 14.3. The quantitative estimate of drug-likeness (QED) is 0.663. The van der Waals surface area contributed by atoms with E-state index >= 15 is 0 Å². The highest BCUT2D eigenvalue weighted by atomic mass is 16.5. The number of methoxy groups -OCH3 is 1. The molecular weight excluding hydrogens is 264 g/mol. The molecule has 0 aliphatic rings. The molecule has 0 aliphatic carbocycles. The molecule has 0 saturated heterocycles. The van der Waals surface area contributed by atoms with Gasteiger partial charge in [-0.3, -0.25) is 4.98 Å². The van der Waals surface area contributed by atoms with Crippen LogP contribution in [0.15, 0.2) is 42.6 Å². The van der Waals surface area contributed by atoms with Gasteiger partial charge in [-0.25, -0.2) is 0 Å². The number of anilines is 1. The van der Waals surface area contributed by atoms with Gasteiger partial charge in [-0.05, 0) is 36.4 Å². The highest BCUT2D eigenvalue weighted by Crippen LogP contribution is 2.29. The average Bonchev–Trinajstić information content (AvgIpc) is 2.53. The van der Waals surface area contributed by atoms with Crippen LogP contribution in [0.2, 0.25) is 0 Å². The van der Waals surface area contributed by atoms with Gasteiger partial charge in [0.05, 0.1) is 29.6 Å². The first-order chi connectivity index (χ1) is 10.2. The van der Waals surface area contributed by atoms with Crippen molar-refractivity contribution in [2.24, 2.45) is 0 Å². The van der Waals surface area contributed by atoms with Crippen LogP contribution in [0.3, 0.4) is 0 Å². The molecule has 5 heteroatoms. The van der Waals surface area contributed by atoms with Crippen LogP contribution in [0.5, 0.6) is 5.75 Å². The summed E-state index contributed by atoms with van der Waals surface area (Å²) in [6, 6.07) is 10.7. The van der Waals surface area contributed by atoms with Crippen molar-refractivity contribution in [3.63, 3.8) is 0 Å². The van der Waals surface area contributed by atoms with Gasteiger partial charge in [0.2, 0.25) is 0 Å². The van der Waals surface area contributed by atoms with Gasteiger partial charge < -0.3 is 15.9 Å². The first-order valence-electron chi connectivity index (χ1n) is 6.22. The van der Waals surface area contributed by atoms with Crippen molar-refractivity contribution in [2.45, 2.75) is 0 Å². The molecule has 1 aromatic heterocycles. The number of nitriles is 1. The Morgan fingerprint density at radius 1 is 1.38 bits per heavy atom. The Balaban J connectivity index is 2.40. The number of aromatic nitrogens is 1. The summed E-state index contributed by atoms with van der Waals surface area (Å²) >= 11 is 0. The standard InChI is InChI=1S/C16H14N4O/c1-21-16-11(10-17)5-7-13(18)15(16)14(19)8-6-12-4-2-3-9-20-12/h2-9,19H,18H2,1H3/b8-6+,19-14?. The zero-order valence-corrected chi connectivity index (χ0v) is 11.5. The van der Waals surface area contributed by atoms with Gasteiger partial charge in [0.1, 0.15) is 11.8 Å². The van der Waals surface area contributed by atoms with E-state index in [9.17, 15) is 0 Å². The van der Waals surface area contributed by atoms with E-state index in [0.29, 0.717) is 22.6 Å². The van der Waals surface area contributed by atoms with Crippen LogP contribution in [0.25, 0.3) is 6.08 Å². The predicted molar refractivity (Wildman–Crippen MR) is 82.2 cm³/mol. The van der Waals surface area contributed by atoms with Gasteiger partial charge in [0, 0.05) is 11.9 Å². The zero-order chi connectivity index (χ0) is 15.2. The Morgan fingerprint density at radius 2 is 2.19 bits per heavy atom. The Kier molecular flexibility index (Phi) is 4.32. The van der Waals surface area contributed by atoms with Gasteiger partial charge in [-0.2, -0.15) is 5.26 Å². The van der Waals surface area contributed by atoms with Gasteiger partial charge in [0.25, 0.3) is 0 Å². The van der Waals surface area contributed by atoms with Crippen LogP contribution in [0.1, 0.15) is 16.8 Å². The summed E-state index contributed by atoms with van der Waals surface area (Å²) in [5.41, 5.74) is 7.94. The lowest BCUT2D eigenvalue weighted by molar-refractivity contribution is 0.413. The second-order valence-corrected chi connectivity index (χ2v) is 4.22. The molecule has 0 amide bonds.